The second kappa shape index (κ2) is 4.64. The van der Waals surface area contributed by atoms with Crippen LogP contribution in [-0.4, -0.2) is 33.4 Å². The summed E-state index contributed by atoms with van der Waals surface area (Å²) in [7, 11) is 0. The second-order valence-electron chi connectivity index (χ2n) is 5.82. The molecule has 1 N–H and O–H groups in total. The maximum Gasteiger partial charge on any atom is 0.336 e. The van der Waals surface area contributed by atoms with Gasteiger partial charge in [-0.1, -0.05) is 20.8 Å². The van der Waals surface area contributed by atoms with E-state index < -0.39 is 11.4 Å². The third-order valence-electron chi connectivity index (χ3n) is 3.27. The quantitative estimate of drug-likeness (QED) is 0.836. The number of fused-ring (bicyclic) bond motifs is 1. The van der Waals surface area contributed by atoms with E-state index >= 15 is 0 Å². The third-order valence-corrected chi connectivity index (χ3v) is 3.27. The Morgan fingerprint density at radius 2 is 2.05 bits per heavy atom. The van der Waals surface area contributed by atoms with Crippen LogP contribution >= 0.6 is 0 Å². The van der Waals surface area contributed by atoms with Gasteiger partial charge in [-0.05, 0) is 6.07 Å². The van der Waals surface area contributed by atoms with Crippen LogP contribution in [0.2, 0.25) is 0 Å². The maximum absolute atomic E-state index is 12.3. The lowest BCUT2D eigenvalue weighted by molar-refractivity contribution is -0.140. The van der Waals surface area contributed by atoms with Crippen molar-refractivity contribution in [1.82, 2.24) is 9.88 Å². The summed E-state index contributed by atoms with van der Waals surface area (Å²) in [6, 6.07) is 1.49. The number of hydrogen-bond donors (Lipinski definition) is 1. The Labute approximate surface area is 112 Å². The average Bonchev–Trinajstić information content (AvgIpc) is 2.35. The van der Waals surface area contributed by atoms with Crippen molar-refractivity contribution in [2.45, 2.75) is 33.7 Å². The van der Waals surface area contributed by atoms with Crippen LogP contribution in [-0.2, 0) is 17.8 Å². The Balaban J connectivity index is 2.33. The lowest BCUT2D eigenvalue weighted by Crippen LogP contribution is -2.43. The van der Waals surface area contributed by atoms with Crippen LogP contribution in [0.3, 0.4) is 0 Å². The van der Waals surface area contributed by atoms with Crippen LogP contribution in [0.4, 0.5) is 0 Å². The van der Waals surface area contributed by atoms with Gasteiger partial charge >= 0.3 is 5.97 Å². The number of pyridine rings is 1. The number of amides is 1. The van der Waals surface area contributed by atoms with Gasteiger partial charge in [-0.2, -0.15) is 0 Å². The number of carboxylic acid groups (broad SMARTS) is 1. The van der Waals surface area contributed by atoms with Crippen LogP contribution in [0.15, 0.2) is 12.3 Å². The SMILES string of the molecule is CC(C)(C)C(=O)N1CCc2nccc(C(=O)O)c2C1. The summed E-state index contributed by atoms with van der Waals surface area (Å²) >= 11 is 0. The van der Waals surface area contributed by atoms with Crippen molar-refractivity contribution < 1.29 is 14.7 Å². The van der Waals surface area contributed by atoms with E-state index in [1.54, 1.807) is 4.90 Å². The first-order chi connectivity index (χ1) is 8.80. The molecule has 0 unspecified atom stereocenters. The van der Waals surface area contributed by atoms with E-state index in [-0.39, 0.29) is 11.5 Å². The number of carbonyl (C=O) groups is 2. The van der Waals surface area contributed by atoms with Crippen LogP contribution in [0.5, 0.6) is 0 Å². The minimum atomic E-state index is -0.969. The van der Waals surface area contributed by atoms with Crippen LogP contribution in [0, 0.1) is 5.41 Å². The maximum atomic E-state index is 12.3. The van der Waals surface area contributed by atoms with Gasteiger partial charge in [0.05, 0.1) is 5.56 Å². The zero-order valence-corrected chi connectivity index (χ0v) is 11.4. The van der Waals surface area contributed by atoms with Gasteiger partial charge in [-0.3, -0.25) is 9.78 Å². The molecule has 2 rings (SSSR count). The van der Waals surface area contributed by atoms with Crippen molar-refractivity contribution >= 4 is 11.9 Å². The molecular formula is C14H18N2O3. The fourth-order valence-corrected chi connectivity index (χ4v) is 2.29. The van der Waals surface area contributed by atoms with Gasteiger partial charge in [0.1, 0.15) is 0 Å². The average molecular weight is 262 g/mol. The third kappa shape index (κ3) is 2.59. The molecule has 1 amide bonds. The monoisotopic (exact) mass is 262 g/mol. The van der Waals surface area contributed by atoms with Crippen molar-refractivity contribution in [1.29, 1.82) is 0 Å². The summed E-state index contributed by atoms with van der Waals surface area (Å²) in [4.78, 5) is 29.4. The van der Waals surface area contributed by atoms with E-state index in [4.69, 9.17) is 0 Å². The lowest BCUT2D eigenvalue weighted by atomic mass is 9.92. The fourth-order valence-electron chi connectivity index (χ4n) is 2.29. The molecule has 0 fully saturated rings. The van der Waals surface area contributed by atoms with E-state index in [0.29, 0.717) is 25.1 Å². The molecular weight excluding hydrogens is 244 g/mol. The summed E-state index contributed by atoms with van der Waals surface area (Å²) in [5.41, 5.74) is 1.25. The Morgan fingerprint density at radius 3 is 2.63 bits per heavy atom. The number of nitrogens with zero attached hydrogens (tertiary/aromatic N) is 2. The molecule has 1 aliphatic heterocycles. The number of rotatable bonds is 1. The highest BCUT2D eigenvalue weighted by Crippen LogP contribution is 2.25. The molecule has 1 aliphatic rings. The van der Waals surface area contributed by atoms with Gasteiger partial charge in [-0.15, -0.1) is 0 Å². The van der Waals surface area contributed by atoms with Crippen LogP contribution < -0.4 is 0 Å². The number of carbonyl (C=O) groups excluding carboxylic acids is 1. The smallest absolute Gasteiger partial charge is 0.336 e. The van der Waals surface area contributed by atoms with E-state index in [2.05, 4.69) is 4.98 Å². The molecule has 0 saturated heterocycles. The Bertz CT molecular complexity index is 532. The van der Waals surface area contributed by atoms with Gasteiger partial charge < -0.3 is 10.0 Å². The minimum absolute atomic E-state index is 0.0401. The molecule has 102 valence electrons. The molecule has 5 heteroatoms. The first-order valence-electron chi connectivity index (χ1n) is 6.30. The van der Waals surface area contributed by atoms with E-state index in [9.17, 15) is 14.7 Å². The molecule has 1 aromatic heterocycles. The minimum Gasteiger partial charge on any atom is -0.478 e. The van der Waals surface area contributed by atoms with Gasteiger partial charge in [-0.25, -0.2) is 4.79 Å². The topological polar surface area (TPSA) is 70.5 Å². The highest BCUT2D eigenvalue weighted by atomic mass is 16.4. The molecule has 0 bridgehead atoms. The Kier molecular flexibility index (Phi) is 3.30. The van der Waals surface area contributed by atoms with E-state index in [1.807, 2.05) is 20.8 Å². The predicted octanol–water partition coefficient (Wildman–Crippen LogP) is 1.71. The second-order valence-corrected chi connectivity index (χ2v) is 5.82. The normalized spacial score (nSPS) is 15.0. The number of carboxylic acids is 1. The zero-order valence-electron chi connectivity index (χ0n) is 11.4. The molecule has 2 heterocycles. The Morgan fingerprint density at radius 1 is 1.37 bits per heavy atom. The lowest BCUT2D eigenvalue weighted by Gasteiger charge is -2.33. The first-order valence-corrected chi connectivity index (χ1v) is 6.30. The molecule has 0 aliphatic carbocycles. The highest BCUT2D eigenvalue weighted by molar-refractivity contribution is 5.90. The summed E-state index contributed by atoms with van der Waals surface area (Å²) < 4.78 is 0. The van der Waals surface area contributed by atoms with Crippen molar-refractivity contribution in [3.05, 3.63) is 29.1 Å². The summed E-state index contributed by atoms with van der Waals surface area (Å²) in [5, 5.41) is 9.19. The van der Waals surface area contributed by atoms with E-state index in [0.717, 1.165) is 5.69 Å². The summed E-state index contributed by atoms with van der Waals surface area (Å²) in [6.45, 7) is 6.53. The highest BCUT2D eigenvalue weighted by Gasteiger charge is 2.31. The van der Waals surface area contributed by atoms with E-state index in [1.165, 1.54) is 12.3 Å². The fraction of sp³-hybridized carbons (Fsp3) is 0.500. The molecule has 1 aromatic rings. The summed E-state index contributed by atoms with van der Waals surface area (Å²) in [6.07, 6.45) is 2.13. The number of aromatic carboxylic acids is 1. The van der Waals surface area contributed by atoms with Gasteiger partial charge in [0, 0.05) is 42.4 Å². The first kappa shape index (κ1) is 13.5. The van der Waals surface area contributed by atoms with Crippen molar-refractivity contribution in [2.24, 2.45) is 5.41 Å². The molecule has 0 atom stereocenters. The number of aromatic nitrogens is 1. The molecule has 0 saturated carbocycles. The molecule has 0 radical (unpaired) electrons. The van der Waals surface area contributed by atoms with Gasteiger partial charge in [0.25, 0.3) is 0 Å². The van der Waals surface area contributed by atoms with Crippen molar-refractivity contribution in [3.63, 3.8) is 0 Å². The molecule has 0 aromatic carbocycles. The zero-order chi connectivity index (χ0) is 14.2. The van der Waals surface area contributed by atoms with Gasteiger partial charge in [0.15, 0.2) is 0 Å². The molecule has 0 spiro atoms. The van der Waals surface area contributed by atoms with Crippen molar-refractivity contribution in [3.8, 4) is 0 Å². The summed E-state index contributed by atoms with van der Waals surface area (Å²) in [5.74, 6) is -0.929. The molecule has 5 nitrogen and oxygen atoms in total. The number of hydrogen-bond acceptors (Lipinski definition) is 3. The van der Waals surface area contributed by atoms with Crippen LogP contribution in [0.1, 0.15) is 42.4 Å². The predicted molar refractivity (Wildman–Crippen MR) is 69.8 cm³/mol. The standard InChI is InChI=1S/C14H18N2O3/c1-14(2,3)13(19)16-7-5-11-10(8-16)9(12(17)18)4-6-15-11/h4,6H,5,7-8H2,1-3H3,(H,17,18). The molecule has 19 heavy (non-hydrogen) atoms. The Hall–Kier alpha value is -1.91. The van der Waals surface area contributed by atoms with Crippen LogP contribution in [0.25, 0.3) is 0 Å². The van der Waals surface area contributed by atoms with Crippen molar-refractivity contribution in [2.75, 3.05) is 6.54 Å². The van der Waals surface area contributed by atoms with Gasteiger partial charge in [0.2, 0.25) is 5.91 Å². The largest absolute Gasteiger partial charge is 0.478 e.